The van der Waals surface area contributed by atoms with Gasteiger partial charge in [-0.1, -0.05) is 66.7 Å². The molecule has 0 saturated carbocycles. The summed E-state index contributed by atoms with van der Waals surface area (Å²) in [5.74, 6) is -0.480. The first-order chi connectivity index (χ1) is 13.2. The maximum atomic E-state index is 12.0. The number of methoxy groups -OCH3 is 1. The van der Waals surface area contributed by atoms with Gasteiger partial charge in [0.2, 0.25) is 0 Å². The summed E-state index contributed by atoms with van der Waals surface area (Å²) in [4.78, 5) is 14.2. The van der Waals surface area contributed by atoms with Crippen LogP contribution in [0.1, 0.15) is 17.0 Å². The van der Waals surface area contributed by atoms with Crippen LogP contribution < -0.4 is 4.74 Å². The van der Waals surface area contributed by atoms with Gasteiger partial charge in [0.25, 0.3) is 0 Å². The highest BCUT2D eigenvalue weighted by molar-refractivity contribution is 5.90. The quantitative estimate of drug-likeness (QED) is 0.742. The molecule has 0 spiro atoms. The smallest absolute Gasteiger partial charge is 0.308 e. The van der Waals surface area contributed by atoms with Crippen LogP contribution in [0.5, 0.6) is 5.75 Å². The third-order valence-corrected chi connectivity index (χ3v) is 5.48. The van der Waals surface area contributed by atoms with Crippen molar-refractivity contribution >= 4 is 16.7 Å². The number of ether oxygens (including phenoxy) is 1. The Balaban J connectivity index is 1.69. The second-order valence-electron chi connectivity index (χ2n) is 7.14. The zero-order chi connectivity index (χ0) is 18.8. The zero-order valence-corrected chi connectivity index (χ0v) is 15.3. The Hall–Kier alpha value is -2.85. The first kappa shape index (κ1) is 17.6. The first-order valence-corrected chi connectivity index (χ1v) is 9.22. The lowest BCUT2D eigenvalue weighted by atomic mass is 9.87. The summed E-state index contributed by atoms with van der Waals surface area (Å²) < 4.78 is 5.74. The van der Waals surface area contributed by atoms with Crippen LogP contribution in [0.15, 0.2) is 66.7 Å². The molecule has 0 amide bonds. The summed E-state index contributed by atoms with van der Waals surface area (Å²) in [5.41, 5.74) is 2.19. The van der Waals surface area contributed by atoms with Gasteiger partial charge in [-0.25, -0.2) is 0 Å². The lowest BCUT2D eigenvalue weighted by molar-refractivity contribution is -0.141. The number of carboxylic acid groups (broad SMARTS) is 1. The number of benzene rings is 3. The van der Waals surface area contributed by atoms with Crippen molar-refractivity contribution in [3.8, 4) is 5.75 Å². The predicted octanol–water partition coefficient (Wildman–Crippen LogP) is 4.15. The average molecular weight is 361 g/mol. The molecule has 1 fully saturated rings. The van der Waals surface area contributed by atoms with Gasteiger partial charge in [-0.2, -0.15) is 0 Å². The minimum atomic E-state index is -0.745. The van der Waals surface area contributed by atoms with Gasteiger partial charge in [-0.15, -0.1) is 0 Å². The normalized spacial score (nSPS) is 20.0. The fourth-order valence-corrected chi connectivity index (χ4v) is 4.20. The van der Waals surface area contributed by atoms with Crippen molar-refractivity contribution in [1.82, 2.24) is 4.90 Å². The van der Waals surface area contributed by atoms with Crippen molar-refractivity contribution in [1.29, 1.82) is 0 Å². The number of rotatable bonds is 5. The summed E-state index contributed by atoms with van der Waals surface area (Å²) in [7, 11) is 1.66. The van der Waals surface area contributed by atoms with Crippen molar-refractivity contribution in [2.75, 3.05) is 20.2 Å². The molecule has 1 N–H and O–H groups in total. The molecule has 3 aromatic carbocycles. The lowest BCUT2D eigenvalue weighted by Gasteiger charge is -2.20. The predicted molar refractivity (Wildman–Crippen MR) is 106 cm³/mol. The highest BCUT2D eigenvalue weighted by Gasteiger charge is 2.40. The van der Waals surface area contributed by atoms with Crippen molar-refractivity contribution in [3.63, 3.8) is 0 Å². The van der Waals surface area contributed by atoms with Crippen molar-refractivity contribution < 1.29 is 14.6 Å². The Labute approximate surface area is 159 Å². The second kappa shape index (κ2) is 7.41. The Kier molecular flexibility index (Phi) is 4.82. The van der Waals surface area contributed by atoms with Gasteiger partial charge in [-0.3, -0.25) is 9.69 Å². The van der Waals surface area contributed by atoms with Crippen LogP contribution in [-0.2, 0) is 11.3 Å². The molecule has 0 unspecified atom stereocenters. The van der Waals surface area contributed by atoms with E-state index in [1.54, 1.807) is 7.11 Å². The number of carboxylic acids is 1. The Morgan fingerprint density at radius 3 is 2.52 bits per heavy atom. The molecular weight excluding hydrogens is 338 g/mol. The van der Waals surface area contributed by atoms with Crippen LogP contribution in [0, 0.1) is 5.92 Å². The second-order valence-corrected chi connectivity index (χ2v) is 7.14. The number of hydrogen-bond acceptors (Lipinski definition) is 3. The molecule has 1 heterocycles. The summed E-state index contributed by atoms with van der Waals surface area (Å²) in [6.45, 7) is 2.02. The molecule has 0 bridgehead atoms. The fraction of sp³-hybridized carbons (Fsp3) is 0.261. The standard InChI is InChI=1S/C23H23NO3/c1-27-22-18-10-6-5-9-17(18)11-12-19(22)20-14-24(15-21(20)23(25)26)13-16-7-3-2-4-8-16/h2-12,20-21H,13-15H2,1H3,(H,25,26)/t20-,21+/m1/s1. The third-order valence-electron chi connectivity index (χ3n) is 5.48. The van der Waals surface area contributed by atoms with Gasteiger partial charge < -0.3 is 9.84 Å². The molecule has 4 nitrogen and oxygen atoms in total. The number of likely N-dealkylation sites (tertiary alicyclic amines) is 1. The van der Waals surface area contributed by atoms with E-state index in [1.807, 2.05) is 48.5 Å². The van der Waals surface area contributed by atoms with Crippen LogP contribution in [0.4, 0.5) is 0 Å². The number of aliphatic carboxylic acids is 1. The van der Waals surface area contributed by atoms with Gasteiger partial charge >= 0.3 is 5.97 Å². The Morgan fingerprint density at radius 2 is 1.78 bits per heavy atom. The van der Waals surface area contributed by atoms with Crippen molar-refractivity contribution in [3.05, 3.63) is 77.9 Å². The van der Waals surface area contributed by atoms with Gasteiger partial charge in [0, 0.05) is 36.5 Å². The molecule has 3 aromatic rings. The molecule has 4 heteroatoms. The highest BCUT2D eigenvalue weighted by Crippen LogP contribution is 2.41. The molecule has 0 aromatic heterocycles. The SMILES string of the molecule is COc1c([C@H]2CN(Cc3ccccc3)C[C@@H]2C(=O)O)ccc2ccccc12. The number of nitrogens with zero attached hydrogens (tertiary/aromatic N) is 1. The minimum absolute atomic E-state index is 0.0919. The van der Waals surface area contributed by atoms with E-state index in [-0.39, 0.29) is 5.92 Å². The molecule has 138 valence electrons. The Morgan fingerprint density at radius 1 is 1.04 bits per heavy atom. The van der Waals surface area contributed by atoms with Crippen LogP contribution in [0.25, 0.3) is 10.8 Å². The topological polar surface area (TPSA) is 49.8 Å². The minimum Gasteiger partial charge on any atom is -0.496 e. The van der Waals surface area contributed by atoms with Crippen molar-refractivity contribution in [2.45, 2.75) is 12.5 Å². The van der Waals surface area contributed by atoms with E-state index in [0.717, 1.165) is 28.6 Å². The monoisotopic (exact) mass is 361 g/mol. The van der Waals surface area contributed by atoms with Gasteiger partial charge in [0.05, 0.1) is 13.0 Å². The van der Waals surface area contributed by atoms with Crippen LogP contribution in [-0.4, -0.2) is 36.2 Å². The summed E-state index contributed by atoms with van der Waals surface area (Å²) >= 11 is 0. The number of carbonyl (C=O) groups is 1. The summed E-state index contributed by atoms with van der Waals surface area (Å²) in [5, 5.41) is 12.0. The van der Waals surface area contributed by atoms with Crippen LogP contribution in [0.2, 0.25) is 0 Å². The molecular formula is C23H23NO3. The van der Waals surface area contributed by atoms with E-state index in [4.69, 9.17) is 4.74 Å². The molecule has 0 radical (unpaired) electrons. The number of hydrogen-bond donors (Lipinski definition) is 1. The van der Waals surface area contributed by atoms with Gasteiger partial charge in [-0.05, 0) is 10.9 Å². The van der Waals surface area contributed by atoms with Gasteiger partial charge in [0.1, 0.15) is 5.75 Å². The molecule has 0 aliphatic carbocycles. The largest absolute Gasteiger partial charge is 0.496 e. The van der Waals surface area contributed by atoms with E-state index in [0.29, 0.717) is 13.1 Å². The van der Waals surface area contributed by atoms with Gasteiger partial charge in [0.15, 0.2) is 0 Å². The van der Waals surface area contributed by atoms with E-state index < -0.39 is 11.9 Å². The maximum Gasteiger partial charge on any atom is 0.308 e. The molecule has 2 atom stereocenters. The average Bonchev–Trinajstić information content (AvgIpc) is 3.11. The van der Waals surface area contributed by atoms with Crippen LogP contribution >= 0.6 is 0 Å². The zero-order valence-electron chi connectivity index (χ0n) is 15.3. The molecule has 27 heavy (non-hydrogen) atoms. The lowest BCUT2D eigenvalue weighted by Crippen LogP contribution is -2.23. The molecule has 4 rings (SSSR count). The van der Waals surface area contributed by atoms with Crippen molar-refractivity contribution in [2.24, 2.45) is 5.92 Å². The Bertz CT molecular complexity index is 954. The number of fused-ring (bicyclic) bond motifs is 1. The highest BCUT2D eigenvalue weighted by atomic mass is 16.5. The first-order valence-electron chi connectivity index (χ1n) is 9.22. The maximum absolute atomic E-state index is 12.0. The van der Waals surface area contributed by atoms with E-state index in [9.17, 15) is 9.90 Å². The third kappa shape index (κ3) is 3.40. The molecule has 1 aliphatic heterocycles. The summed E-state index contributed by atoms with van der Waals surface area (Å²) in [6.07, 6.45) is 0. The fourth-order valence-electron chi connectivity index (χ4n) is 4.20. The van der Waals surface area contributed by atoms with E-state index in [1.165, 1.54) is 5.56 Å². The van der Waals surface area contributed by atoms with E-state index >= 15 is 0 Å². The van der Waals surface area contributed by atoms with Crippen LogP contribution in [0.3, 0.4) is 0 Å². The summed E-state index contributed by atoms with van der Waals surface area (Å²) in [6, 6.07) is 22.4. The van der Waals surface area contributed by atoms with E-state index in [2.05, 4.69) is 23.1 Å². The molecule has 1 aliphatic rings. The molecule has 1 saturated heterocycles.